The van der Waals surface area contributed by atoms with E-state index in [1.807, 2.05) is 36.8 Å². The molecular weight excluding hydrogens is 870 g/mol. The summed E-state index contributed by atoms with van der Waals surface area (Å²) in [5, 5.41) is 2.24. The van der Waals surface area contributed by atoms with E-state index < -0.39 is 0 Å². The molecule has 0 atom stereocenters. The topological polar surface area (TPSA) is 46.4 Å². The Balaban J connectivity index is 0.00000480. The quantitative estimate of drug-likeness (QED) is 0.149. The summed E-state index contributed by atoms with van der Waals surface area (Å²) in [5.74, 6) is 2.72. The Hall–Kier alpha value is -4.93. The third-order valence-corrected chi connectivity index (χ3v) is 10.7. The summed E-state index contributed by atoms with van der Waals surface area (Å²) >= 11 is 0. The van der Waals surface area contributed by atoms with Gasteiger partial charge < -0.3 is 19.1 Å². The van der Waals surface area contributed by atoms with E-state index in [0.717, 1.165) is 44.7 Å². The van der Waals surface area contributed by atoms with Crippen LogP contribution < -0.4 is 14.5 Å². The summed E-state index contributed by atoms with van der Waals surface area (Å²) in [4.78, 5) is 13.9. The van der Waals surface area contributed by atoms with Crippen molar-refractivity contribution < 1.29 is 25.8 Å². The van der Waals surface area contributed by atoms with E-state index in [0.29, 0.717) is 23.3 Å². The molecule has 0 radical (unpaired) electrons. The Labute approximate surface area is 346 Å². The number of para-hydroxylation sites is 1. The molecule has 0 saturated heterocycles. The number of fused-ring (bicyclic) bond motifs is 4. The first kappa shape index (κ1) is 39.3. The van der Waals surface area contributed by atoms with Crippen molar-refractivity contribution in [3.8, 4) is 17.3 Å². The third-order valence-electron chi connectivity index (χ3n) is 10.7. The van der Waals surface area contributed by atoms with Crippen molar-refractivity contribution in [1.82, 2.24) is 14.5 Å². The van der Waals surface area contributed by atoms with Crippen molar-refractivity contribution in [2.45, 2.75) is 91.9 Å². The van der Waals surface area contributed by atoms with E-state index in [4.69, 9.17) is 9.72 Å². The van der Waals surface area contributed by atoms with Gasteiger partial charge >= 0.3 is 0 Å². The molecule has 0 unspecified atom stereocenters. The van der Waals surface area contributed by atoms with Crippen molar-refractivity contribution >= 4 is 44.6 Å². The molecule has 7 aromatic rings. The molecule has 0 N–H and O–H groups in total. The predicted octanol–water partition coefficient (Wildman–Crippen LogP) is 13.2. The summed E-state index contributed by atoms with van der Waals surface area (Å²) < 4.78 is 8.77. The van der Waals surface area contributed by atoms with Gasteiger partial charge in [-0.2, -0.15) is 12.1 Å². The average Bonchev–Trinajstić information content (AvgIpc) is 3.69. The number of rotatable bonds is 7. The SMILES string of the molecule is CC(C)c1cc(C(C)(C)C)cc(C(C)C)c1N1[CH-]N(c2[c-]c(Oc3[c-]c4c(cc3)c3ccccc3n4-c3cc(C(C)(C)C)ccn3)ccc2)c2cnccc21.[Pt]. The van der Waals surface area contributed by atoms with Crippen LogP contribution in [0, 0.1) is 18.8 Å². The van der Waals surface area contributed by atoms with Gasteiger partial charge in [0, 0.05) is 68.0 Å². The predicted molar refractivity (Wildman–Crippen MR) is 228 cm³/mol. The van der Waals surface area contributed by atoms with Crippen LogP contribution in [0.5, 0.6) is 11.5 Å². The normalized spacial score (nSPS) is 13.2. The molecule has 0 saturated carbocycles. The fraction of sp³-hybridized carbons (Fsp3) is 0.286. The fourth-order valence-electron chi connectivity index (χ4n) is 7.58. The van der Waals surface area contributed by atoms with E-state index in [-0.39, 0.29) is 31.9 Å². The van der Waals surface area contributed by atoms with Crippen LogP contribution in [0.3, 0.4) is 0 Å². The van der Waals surface area contributed by atoms with Crippen LogP contribution in [0.25, 0.3) is 27.6 Å². The zero-order valence-electron chi connectivity index (χ0n) is 34.0. The molecule has 4 heterocycles. The molecule has 0 fully saturated rings. The second-order valence-corrected chi connectivity index (χ2v) is 17.4. The number of benzene rings is 4. The van der Waals surface area contributed by atoms with Gasteiger partial charge in [0.05, 0.1) is 5.69 Å². The van der Waals surface area contributed by atoms with Gasteiger partial charge in [-0.1, -0.05) is 105 Å². The number of pyridine rings is 2. The molecule has 8 rings (SSSR count). The molecular formula is C49H50N5OPt-3. The Bertz CT molecular complexity index is 2530. The molecule has 3 aromatic heterocycles. The second-order valence-electron chi connectivity index (χ2n) is 17.4. The Morgan fingerprint density at radius 1 is 0.661 bits per heavy atom. The van der Waals surface area contributed by atoms with Crippen LogP contribution in [-0.4, -0.2) is 14.5 Å². The van der Waals surface area contributed by atoms with Crippen molar-refractivity contribution in [3.05, 3.63) is 145 Å². The zero-order valence-corrected chi connectivity index (χ0v) is 36.3. The summed E-state index contributed by atoms with van der Waals surface area (Å²) in [6, 6.07) is 37.0. The molecule has 6 nitrogen and oxygen atoms in total. The molecule has 0 aliphatic carbocycles. The first-order valence-electron chi connectivity index (χ1n) is 19.4. The van der Waals surface area contributed by atoms with E-state index >= 15 is 0 Å². The van der Waals surface area contributed by atoms with Gasteiger partial charge in [-0.05, 0) is 74.6 Å². The first-order chi connectivity index (χ1) is 26.2. The van der Waals surface area contributed by atoms with E-state index in [1.54, 1.807) is 0 Å². The molecule has 7 heteroatoms. The Morgan fingerprint density at radius 3 is 2.05 bits per heavy atom. The monoisotopic (exact) mass is 919 g/mol. The molecule has 4 aromatic carbocycles. The minimum Gasteiger partial charge on any atom is -0.509 e. The van der Waals surface area contributed by atoms with Crippen molar-refractivity contribution in [2.24, 2.45) is 0 Å². The standard InChI is InChI=1S/C49H50N5O.Pt/c1-31(2)40-24-34(49(8,9)10)25-41(32(3)4)47(40)53-30-52(45-29-50-22-21-43(45)53)35-14-13-15-36(27-35)55-37-18-19-39-38-16-11-12-17-42(38)54(44(39)28-37)46-26-33(20-23-51-46)48(5,6)7;/h11-26,29-32H,1-10H3;/q-3;. The van der Waals surface area contributed by atoms with Crippen LogP contribution in [0.2, 0.25) is 0 Å². The van der Waals surface area contributed by atoms with Gasteiger partial charge in [0.2, 0.25) is 0 Å². The molecule has 0 amide bonds. The molecule has 1 aliphatic heterocycles. The summed E-state index contributed by atoms with van der Waals surface area (Å²) in [7, 11) is 0. The van der Waals surface area contributed by atoms with Gasteiger partial charge in [0.15, 0.2) is 0 Å². The maximum atomic E-state index is 6.58. The number of hydrogen-bond acceptors (Lipinski definition) is 5. The Morgan fingerprint density at radius 2 is 1.36 bits per heavy atom. The molecule has 1 aliphatic rings. The van der Waals surface area contributed by atoms with Crippen LogP contribution in [0.15, 0.2) is 104 Å². The maximum absolute atomic E-state index is 6.58. The zero-order chi connectivity index (χ0) is 38.8. The van der Waals surface area contributed by atoms with E-state index in [2.05, 4.69) is 174 Å². The van der Waals surface area contributed by atoms with Gasteiger partial charge in [-0.25, -0.2) is 4.98 Å². The van der Waals surface area contributed by atoms with E-state index in [9.17, 15) is 0 Å². The largest absolute Gasteiger partial charge is 0.509 e. The van der Waals surface area contributed by atoms with Crippen LogP contribution >= 0.6 is 0 Å². The fourth-order valence-corrected chi connectivity index (χ4v) is 7.58. The smallest absolute Gasteiger partial charge is 0.135 e. The van der Waals surface area contributed by atoms with Crippen LogP contribution in [-0.2, 0) is 31.9 Å². The van der Waals surface area contributed by atoms with Crippen LogP contribution in [0.1, 0.15) is 103 Å². The maximum Gasteiger partial charge on any atom is 0.135 e. The number of hydrogen-bond donors (Lipinski definition) is 0. The first-order valence-corrected chi connectivity index (χ1v) is 19.4. The van der Waals surface area contributed by atoms with Gasteiger partial charge in [-0.3, -0.25) is 4.98 Å². The van der Waals surface area contributed by atoms with Crippen molar-refractivity contribution in [3.63, 3.8) is 0 Å². The molecule has 0 bridgehead atoms. The molecule has 290 valence electrons. The van der Waals surface area contributed by atoms with Crippen LogP contribution in [0.4, 0.5) is 22.7 Å². The third kappa shape index (κ3) is 7.13. The molecule has 56 heavy (non-hydrogen) atoms. The Kier molecular flexibility index (Phi) is 10.4. The average molecular weight is 920 g/mol. The summed E-state index contributed by atoms with van der Waals surface area (Å²) in [6.07, 6.45) is 5.71. The summed E-state index contributed by atoms with van der Waals surface area (Å²) in [6.45, 7) is 24.9. The van der Waals surface area contributed by atoms with Crippen molar-refractivity contribution in [2.75, 3.05) is 9.80 Å². The number of nitrogens with zero attached hydrogens (tertiary/aromatic N) is 5. The number of anilines is 4. The summed E-state index contributed by atoms with van der Waals surface area (Å²) in [5.41, 5.74) is 11.4. The number of aromatic nitrogens is 3. The van der Waals surface area contributed by atoms with Crippen molar-refractivity contribution in [1.29, 1.82) is 0 Å². The van der Waals surface area contributed by atoms with Gasteiger partial charge in [-0.15, -0.1) is 48.1 Å². The van der Waals surface area contributed by atoms with Gasteiger partial charge in [0.25, 0.3) is 0 Å². The number of ether oxygens (including phenoxy) is 1. The minimum atomic E-state index is -0.0139. The van der Waals surface area contributed by atoms with E-state index in [1.165, 1.54) is 27.9 Å². The second kappa shape index (κ2) is 14.9. The van der Waals surface area contributed by atoms with Gasteiger partial charge in [0.1, 0.15) is 5.82 Å². The minimum absolute atomic E-state index is 0. The molecule has 0 spiro atoms.